The van der Waals surface area contributed by atoms with Gasteiger partial charge in [-0.05, 0) is 36.8 Å². The van der Waals surface area contributed by atoms with Gasteiger partial charge in [0.25, 0.3) is 6.43 Å². The topological polar surface area (TPSA) is 33.6 Å². The van der Waals surface area contributed by atoms with Crippen molar-refractivity contribution in [2.45, 2.75) is 56.8 Å². The molecule has 2 fully saturated rings. The summed E-state index contributed by atoms with van der Waals surface area (Å²) in [6, 6.07) is 20.1. The molecule has 1 aromatic heterocycles. The fourth-order valence-corrected chi connectivity index (χ4v) is 4.60. The molecule has 5 rings (SSSR count). The van der Waals surface area contributed by atoms with Crippen LogP contribution in [0.3, 0.4) is 0 Å². The molecule has 162 valence electrons. The average molecular weight is 424 g/mol. The highest BCUT2D eigenvalue weighted by molar-refractivity contribution is 5.51. The maximum Gasteiger partial charge on any atom is 0.284 e. The molecule has 2 aromatic carbocycles. The number of nitrogens with zero attached hydrogens (tertiary/aromatic N) is 3. The standard InChI is InChI=1S/C25H27F2N3O/c26-24(27)23-22(17-30(28-23)21-11-13-25(14-12-21)18-31-25)29(15-19-7-3-1-4-8-19)16-20-9-5-2-6-10-20/h1-10,17,21,24H,11-16,18H2. The number of epoxide rings is 1. The first-order chi connectivity index (χ1) is 15.1. The Hall–Kier alpha value is -2.73. The quantitative estimate of drug-likeness (QED) is 0.443. The molecule has 31 heavy (non-hydrogen) atoms. The second kappa shape index (κ2) is 8.42. The van der Waals surface area contributed by atoms with Crippen LogP contribution in [0.2, 0.25) is 0 Å². The summed E-state index contributed by atoms with van der Waals surface area (Å²) in [4.78, 5) is 2.02. The van der Waals surface area contributed by atoms with Gasteiger partial charge in [0.15, 0.2) is 5.69 Å². The minimum Gasteiger partial charge on any atom is -0.370 e. The van der Waals surface area contributed by atoms with Crippen molar-refractivity contribution in [1.82, 2.24) is 9.78 Å². The van der Waals surface area contributed by atoms with E-state index in [2.05, 4.69) is 5.10 Å². The van der Waals surface area contributed by atoms with Crippen LogP contribution in [-0.4, -0.2) is 22.0 Å². The van der Waals surface area contributed by atoms with E-state index in [1.165, 1.54) is 0 Å². The summed E-state index contributed by atoms with van der Waals surface area (Å²) >= 11 is 0. The second-order valence-corrected chi connectivity index (χ2v) is 8.71. The van der Waals surface area contributed by atoms with E-state index in [1.807, 2.05) is 71.8 Å². The minimum absolute atomic E-state index is 0.0741. The summed E-state index contributed by atoms with van der Waals surface area (Å²) < 4.78 is 35.5. The van der Waals surface area contributed by atoms with Crippen molar-refractivity contribution in [2.75, 3.05) is 11.5 Å². The molecule has 6 heteroatoms. The normalized spacial score (nSPS) is 22.7. The van der Waals surface area contributed by atoms with Gasteiger partial charge in [0.1, 0.15) is 0 Å². The fraction of sp³-hybridized carbons (Fsp3) is 0.400. The zero-order chi connectivity index (χ0) is 21.3. The summed E-state index contributed by atoms with van der Waals surface area (Å²) in [6.45, 7) is 1.93. The molecule has 1 saturated heterocycles. The lowest BCUT2D eigenvalue weighted by molar-refractivity contribution is 0.142. The van der Waals surface area contributed by atoms with Crippen LogP contribution in [0.1, 0.15) is 55.0 Å². The molecule has 0 radical (unpaired) electrons. The maximum absolute atomic E-state index is 14.1. The molecule has 2 aliphatic rings. The van der Waals surface area contributed by atoms with Crippen LogP contribution in [0.15, 0.2) is 66.9 Å². The Kier molecular flexibility index (Phi) is 5.48. The summed E-state index contributed by atoms with van der Waals surface area (Å²) in [5, 5.41) is 4.39. The summed E-state index contributed by atoms with van der Waals surface area (Å²) in [7, 11) is 0. The van der Waals surface area contributed by atoms with Crippen molar-refractivity contribution in [2.24, 2.45) is 0 Å². The van der Waals surface area contributed by atoms with Gasteiger partial charge in [-0.1, -0.05) is 60.7 Å². The number of hydrogen-bond acceptors (Lipinski definition) is 3. The van der Waals surface area contributed by atoms with Crippen molar-refractivity contribution in [1.29, 1.82) is 0 Å². The summed E-state index contributed by atoms with van der Waals surface area (Å²) in [5.41, 5.74) is 2.62. The van der Waals surface area contributed by atoms with Crippen LogP contribution >= 0.6 is 0 Å². The smallest absolute Gasteiger partial charge is 0.284 e. The van der Waals surface area contributed by atoms with Crippen molar-refractivity contribution >= 4 is 5.69 Å². The Bertz CT molecular complexity index is 951. The van der Waals surface area contributed by atoms with Gasteiger partial charge in [-0.15, -0.1) is 0 Å². The average Bonchev–Trinajstić information content (AvgIpc) is 3.39. The number of halogens is 2. The molecule has 1 saturated carbocycles. The van der Waals surface area contributed by atoms with Gasteiger partial charge in [0.2, 0.25) is 0 Å². The van der Waals surface area contributed by atoms with Crippen molar-refractivity contribution in [3.05, 3.63) is 83.7 Å². The molecule has 1 aliphatic carbocycles. The van der Waals surface area contributed by atoms with Crippen LogP contribution in [0.4, 0.5) is 14.5 Å². The molecule has 0 bridgehead atoms. The Morgan fingerprint density at radius 3 is 2.00 bits per heavy atom. The number of rotatable bonds is 7. The third-order valence-electron chi connectivity index (χ3n) is 6.51. The molecule has 4 nitrogen and oxygen atoms in total. The van der Waals surface area contributed by atoms with Gasteiger partial charge in [-0.2, -0.15) is 5.10 Å². The van der Waals surface area contributed by atoms with E-state index in [0.717, 1.165) is 43.4 Å². The lowest BCUT2D eigenvalue weighted by Crippen LogP contribution is -2.24. The van der Waals surface area contributed by atoms with Gasteiger partial charge in [-0.3, -0.25) is 4.68 Å². The van der Waals surface area contributed by atoms with Crippen LogP contribution in [0, 0.1) is 0 Å². The van der Waals surface area contributed by atoms with Crippen molar-refractivity contribution < 1.29 is 13.5 Å². The molecule has 0 atom stereocenters. The van der Waals surface area contributed by atoms with Gasteiger partial charge < -0.3 is 9.64 Å². The van der Waals surface area contributed by atoms with Gasteiger partial charge in [0, 0.05) is 19.3 Å². The molecule has 0 N–H and O–H groups in total. The van der Waals surface area contributed by atoms with E-state index in [1.54, 1.807) is 4.68 Å². The number of aromatic nitrogens is 2. The molecule has 3 aromatic rings. The first kappa shape index (κ1) is 20.2. The maximum atomic E-state index is 14.1. The Morgan fingerprint density at radius 1 is 0.968 bits per heavy atom. The Balaban J connectivity index is 1.45. The number of anilines is 1. The molecule has 2 heterocycles. The number of hydrogen-bond donors (Lipinski definition) is 0. The predicted molar refractivity (Wildman–Crippen MR) is 116 cm³/mol. The third-order valence-corrected chi connectivity index (χ3v) is 6.51. The highest BCUT2D eigenvalue weighted by Gasteiger charge is 2.47. The van der Waals surface area contributed by atoms with E-state index < -0.39 is 6.43 Å². The first-order valence-electron chi connectivity index (χ1n) is 11.0. The van der Waals surface area contributed by atoms with Crippen LogP contribution in [0.5, 0.6) is 0 Å². The highest BCUT2D eigenvalue weighted by Crippen LogP contribution is 2.45. The van der Waals surface area contributed by atoms with Crippen molar-refractivity contribution in [3.8, 4) is 0 Å². The minimum atomic E-state index is -2.62. The number of ether oxygens (including phenoxy) is 1. The molecule has 0 amide bonds. The number of alkyl halides is 2. The lowest BCUT2D eigenvalue weighted by Gasteiger charge is -2.27. The van der Waals surface area contributed by atoms with Crippen LogP contribution in [-0.2, 0) is 17.8 Å². The van der Waals surface area contributed by atoms with E-state index in [-0.39, 0.29) is 17.3 Å². The SMILES string of the molecule is FC(F)c1nn(C2CCC3(CC2)CO3)cc1N(Cc1ccccc1)Cc1ccccc1. The van der Waals surface area contributed by atoms with E-state index in [4.69, 9.17) is 4.74 Å². The zero-order valence-corrected chi connectivity index (χ0v) is 17.5. The molecule has 1 spiro atoms. The third kappa shape index (κ3) is 4.49. The molecule has 1 aliphatic heterocycles. The van der Waals surface area contributed by atoms with Gasteiger partial charge >= 0.3 is 0 Å². The van der Waals surface area contributed by atoms with E-state index >= 15 is 0 Å². The zero-order valence-electron chi connectivity index (χ0n) is 17.5. The van der Waals surface area contributed by atoms with Gasteiger partial charge in [-0.25, -0.2) is 8.78 Å². The second-order valence-electron chi connectivity index (χ2n) is 8.71. The highest BCUT2D eigenvalue weighted by atomic mass is 19.3. The number of benzene rings is 2. The Morgan fingerprint density at radius 2 is 1.52 bits per heavy atom. The summed E-state index contributed by atoms with van der Waals surface area (Å²) in [5.74, 6) is 0. The Labute approximate surface area is 181 Å². The fourth-order valence-electron chi connectivity index (χ4n) is 4.60. The van der Waals surface area contributed by atoms with Gasteiger partial charge in [0.05, 0.1) is 23.9 Å². The molecular formula is C25H27F2N3O. The largest absolute Gasteiger partial charge is 0.370 e. The molecule has 0 unspecified atom stereocenters. The monoisotopic (exact) mass is 423 g/mol. The van der Waals surface area contributed by atoms with Crippen LogP contribution < -0.4 is 4.90 Å². The predicted octanol–water partition coefficient (Wildman–Crippen LogP) is 5.91. The van der Waals surface area contributed by atoms with E-state index in [0.29, 0.717) is 18.8 Å². The molecular weight excluding hydrogens is 396 g/mol. The first-order valence-corrected chi connectivity index (χ1v) is 11.0. The van der Waals surface area contributed by atoms with Crippen LogP contribution in [0.25, 0.3) is 0 Å². The lowest BCUT2D eigenvalue weighted by atomic mass is 9.86. The van der Waals surface area contributed by atoms with E-state index in [9.17, 15) is 8.78 Å². The van der Waals surface area contributed by atoms with Crippen molar-refractivity contribution in [3.63, 3.8) is 0 Å². The summed E-state index contributed by atoms with van der Waals surface area (Å²) in [6.07, 6.45) is 3.02.